The van der Waals surface area contributed by atoms with Crippen LogP contribution in [-0.2, 0) is 14.8 Å². The van der Waals surface area contributed by atoms with Gasteiger partial charge in [0.25, 0.3) is 15.9 Å². The SMILES string of the molecule is CCN1C(=O)C(=Cc2ccc(OC)cc2OC)SC1=NS(=O)(=O)c1ccc(Cl)cc1. The van der Waals surface area contributed by atoms with Gasteiger partial charge >= 0.3 is 0 Å². The van der Waals surface area contributed by atoms with Gasteiger partial charge in [-0.3, -0.25) is 9.69 Å². The minimum absolute atomic E-state index is 0.00208. The zero-order valence-corrected chi connectivity index (χ0v) is 18.8. The molecule has 7 nitrogen and oxygen atoms in total. The molecule has 1 saturated heterocycles. The fourth-order valence-electron chi connectivity index (χ4n) is 2.70. The first kappa shape index (κ1) is 22.2. The smallest absolute Gasteiger partial charge is 0.284 e. The molecule has 1 amide bonds. The van der Waals surface area contributed by atoms with Gasteiger partial charge in [-0.2, -0.15) is 8.42 Å². The number of methoxy groups -OCH3 is 2. The molecule has 3 rings (SSSR count). The Labute approximate surface area is 184 Å². The topological polar surface area (TPSA) is 85.3 Å². The number of carbonyl (C=O) groups is 1. The number of likely N-dealkylation sites (N-methyl/N-ethyl adjacent to an activating group) is 1. The number of amides is 1. The van der Waals surface area contributed by atoms with Crippen LogP contribution in [0.2, 0.25) is 5.02 Å². The summed E-state index contributed by atoms with van der Waals surface area (Å²) in [5.74, 6) is 0.814. The second-order valence-corrected chi connectivity index (χ2v) is 9.12. The van der Waals surface area contributed by atoms with Crippen molar-refractivity contribution in [2.45, 2.75) is 11.8 Å². The molecule has 0 aromatic heterocycles. The molecular formula is C20H19ClN2O5S2. The quantitative estimate of drug-likeness (QED) is 0.597. The highest BCUT2D eigenvalue weighted by Crippen LogP contribution is 2.36. The van der Waals surface area contributed by atoms with Gasteiger partial charge in [-0.15, -0.1) is 4.40 Å². The minimum Gasteiger partial charge on any atom is -0.497 e. The van der Waals surface area contributed by atoms with E-state index in [1.165, 1.54) is 36.3 Å². The van der Waals surface area contributed by atoms with Crippen LogP contribution in [0.1, 0.15) is 12.5 Å². The maximum Gasteiger partial charge on any atom is 0.284 e. The van der Waals surface area contributed by atoms with Crippen molar-refractivity contribution in [1.29, 1.82) is 0 Å². The van der Waals surface area contributed by atoms with Crippen molar-refractivity contribution < 1.29 is 22.7 Å². The van der Waals surface area contributed by atoms with E-state index in [1.54, 1.807) is 38.3 Å². The lowest BCUT2D eigenvalue weighted by Gasteiger charge is -2.12. The van der Waals surface area contributed by atoms with Crippen LogP contribution in [0.25, 0.3) is 6.08 Å². The van der Waals surface area contributed by atoms with Gasteiger partial charge < -0.3 is 9.47 Å². The number of benzene rings is 2. The zero-order chi connectivity index (χ0) is 21.9. The summed E-state index contributed by atoms with van der Waals surface area (Å²) in [5.41, 5.74) is 0.659. The summed E-state index contributed by atoms with van der Waals surface area (Å²) in [4.78, 5) is 14.5. The lowest BCUT2D eigenvalue weighted by atomic mass is 10.1. The Hall–Kier alpha value is -2.49. The second-order valence-electron chi connectivity index (χ2n) is 6.07. The largest absolute Gasteiger partial charge is 0.497 e. The number of nitrogens with zero attached hydrogens (tertiary/aromatic N) is 2. The van der Waals surface area contributed by atoms with Gasteiger partial charge in [0.2, 0.25) is 0 Å². The first-order valence-corrected chi connectivity index (χ1v) is 11.5. The third kappa shape index (κ3) is 4.63. The number of rotatable bonds is 6. The average Bonchev–Trinajstić information content (AvgIpc) is 3.01. The van der Waals surface area contributed by atoms with Crippen LogP contribution in [0, 0.1) is 0 Å². The van der Waals surface area contributed by atoms with Crippen molar-refractivity contribution in [3.63, 3.8) is 0 Å². The van der Waals surface area contributed by atoms with Crippen LogP contribution in [0.15, 0.2) is 56.7 Å². The number of halogens is 1. The molecule has 0 saturated carbocycles. The highest BCUT2D eigenvalue weighted by molar-refractivity contribution is 8.19. The summed E-state index contributed by atoms with van der Waals surface area (Å²) >= 11 is 6.82. The number of thioether (sulfide) groups is 1. The molecule has 0 aliphatic carbocycles. The molecule has 1 aliphatic rings. The molecule has 0 atom stereocenters. The zero-order valence-electron chi connectivity index (χ0n) is 16.5. The molecule has 158 valence electrons. The molecule has 2 aromatic rings. The highest BCUT2D eigenvalue weighted by atomic mass is 35.5. The summed E-state index contributed by atoms with van der Waals surface area (Å²) in [6.07, 6.45) is 1.64. The van der Waals surface area contributed by atoms with E-state index in [4.69, 9.17) is 21.1 Å². The van der Waals surface area contributed by atoms with Gasteiger partial charge in [0.05, 0.1) is 24.0 Å². The second kappa shape index (κ2) is 9.11. The standard InChI is InChI=1S/C20H19ClN2O5S2/c1-4-23-19(24)18(11-13-5-8-15(27-2)12-17(13)28-3)29-20(23)22-30(25,26)16-9-6-14(21)7-10-16/h5-12H,4H2,1-3H3. The molecule has 1 fully saturated rings. The van der Waals surface area contributed by atoms with Gasteiger partial charge in [-0.1, -0.05) is 11.6 Å². The van der Waals surface area contributed by atoms with Crippen molar-refractivity contribution in [2.24, 2.45) is 4.40 Å². The van der Waals surface area contributed by atoms with Crippen LogP contribution < -0.4 is 9.47 Å². The van der Waals surface area contributed by atoms with E-state index < -0.39 is 10.0 Å². The Kier molecular flexibility index (Phi) is 6.74. The molecule has 30 heavy (non-hydrogen) atoms. The molecule has 0 N–H and O–H groups in total. The number of sulfonamides is 1. The van der Waals surface area contributed by atoms with E-state index in [-0.39, 0.29) is 22.5 Å². The summed E-state index contributed by atoms with van der Waals surface area (Å²) in [5, 5.41) is 0.511. The Balaban J connectivity index is 1.98. The molecule has 1 heterocycles. The first-order valence-electron chi connectivity index (χ1n) is 8.83. The van der Waals surface area contributed by atoms with Gasteiger partial charge in [0.15, 0.2) is 5.17 Å². The molecule has 0 bridgehead atoms. The van der Waals surface area contributed by atoms with E-state index in [0.717, 1.165) is 11.8 Å². The minimum atomic E-state index is -4.00. The van der Waals surface area contributed by atoms with E-state index in [2.05, 4.69) is 4.40 Å². The Morgan fingerprint density at radius 2 is 1.83 bits per heavy atom. The van der Waals surface area contributed by atoms with Crippen LogP contribution in [-0.4, -0.2) is 45.2 Å². The summed E-state index contributed by atoms with van der Waals surface area (Å²) in [7, 11) is -0.933. The van der Waals surface area contributed by atoms with Crippen LogP contribution >= 0.6 is 23.4 Å². The number of ether oxygens (including phenoxy) is 2. The van der Waals surface area contributed by atoms with Crippen molar-refractivity contribution in [1.82, 2.24) is 4.90 Å². The van der Waals surface area contributed by atoms with Crippen LogP contribution in [0.3, 0.4) is 0 Å². The van der Waals surface area contributed by atoms with Crippen molar-refractivity contribution in [2.75, 3.05) is 20.8 Å². The van der Waals surface area contributed by atoms with Gasteiger partial charge in [0.1, 0.15) is 11.5 Å². The Morgan fingerprint density at radius 1 is 1.13 bits per heavy atom. The number of carbonyl (C=O) groups excluding carboxylic acids is 1. The fourth-order valence-corrected chi connectivity index (χ4v) is 5.06. The van der Waals surface area contributed by atoms with Crippen LogP contribution in [0.4, 0.5) is 0 Å². The number of hydrogen-bond acceptors (Lipinski definition) is 6. The van der Waals surface area contributed by atoms with E-state index >= 15 is 0 Å². The summed E-state index contributed by atoms with van der Waals surface area (Å²) < 4.78 is 39.8. The van der Waals surface area contributed by atoms with Gasteiger partial charge in [-0.05, 0) is 61.2 Å². The molecule has 0 unspecified atom stereocenters. The molecule has 0 spiro atoms. The van der Waals surface area contributed by atoms with Crippen molar-refractivity contribution >= 4 is 50.5 Å². The monoisotopic (exact) mass is 466 g/mol. The predicted molar refractivity (Wildman–Crippen MR) is 119 cm³/mol. The molecular weight excluding hydrogens is 448 g/mol. The van der Waals surface area contributed by atoms with Crippen LogP contribution in [0.5, 0.6) is 11.5 Å². The van der Waals surface area contributed by atoms with E-state index in [9.17, 15) is 13.2 Å². The normalized spacial score (nSPS) is 17.1. The summed E-state index contributed by atoms with van der Waals surface area (Å²) in [6, 6.07) is 10.9. The number of hydrogen-bond donors (Lipinski definition) is 0. The van der Waals surface area contributed by atoms with Gasteiger partial charge in [-0.25, -0.2) is 0 Å². The first-order chi connectivity index (χ1) is 14.3. The molecule has 1 aliphatic heterocycles. The molecule has 10 heteroatoms. The average molecular weight is 467 g/mol. The fraction of sp³-hybridized carbons (Fsp3) is 0.200. The molecule has 0 radical (unpaired) electrons. The lowest BCUT2D eigenvalue weighted by Crippen LogP contribution is -2.29. The van der Waals surface area contributed by atoms with E-state index in [0.29, 0.717) is 27.0 Å². The maximum atomic E-state index is 12.8. The van der Waals surface area contributed by atoms with Crippen molar-refractivity contribution in [3.8, 4) is 11.5 Å². The van der Waals surface area contributed by atoms with Gasteiger partial charge in [0, 0.05) is 23.2 Å². The highest BCUT2D eigenvalue weighted by Gasteiger charge is 2.34. The third-order valence-electron chi connectivity index (χ3n) is 4.24. The lowest BCUT2D eigenvalue weighted by molar-refractivity contribution is -0.122. The van der Waals surface area contributed by atoms with Crippen molar-refractivity contribution in [3.05, 3.63) is 58.0 Å². The summed E-state index contributed by atoms with van der Waals surface area (Å²) in [6.45, 7) is 2.03. The number of amidine groups is 1. The predicted octanol–water partition coefficient (Wildman–Crippen LogP) is 4.04. The Morgan fingerprint density at radius 3 is 2.43 bits per heavy atom. The maximum absolute atomic E-state index is 12.8. The Bertz CT molecular complexity index is 1130. The van der Waals surface area contributed by atoms with E-state index in [1.807, 2.05) is 0 Å². The molecule has 2 aromatic carbocycles. The third-order valence-corrected chi connectivity index (χ3v) is 6.90.